The predicted molar refractivity (Wildman–Crippen MR) is 63.2 cm³/mol. The average Bonchev–Trinajstić information content (AvgIpc) is 2.71. The van der Waals surface area contributed by atoms with E-state index in [1.165, 1.54) is 11.3 Å². The van der Waals surface area contributed by atoms with Gasteiger partial charge in [0.15, 0.2) is 10.8 Å². The molecular formula is C11H13N3OS. The van der Waals surface area contributed by atoms with E-state index >= 15 is 0 Å². The molecule has 84 valence electrons. The van der Waals surface area contributed by atoms with E-state index < -0.39 is 0 Å². The molecule has 2 rings (SSSR count). The Morgan fingerprint density at radius 2 is 2.00 bits per heavy atom. The lowest BCUT2D eigenvalue weighted by atomic mass is 10.3. The van der Waals surface area contributed by atoms with Gasteiger partial charge in [0.05, 0.1) is 17.2 Å². The van der Waals surface area contributed by atoms with Crippen molar-refractivity contribution in [3.05, 3.63) is 28.5 Å². The van der Waals surface area contributed by atoms with Gasteiger partial charge in [0.2, 0.25) is 0 Å². The molecule has 2 aromatic rings. The van der Waals surface area contributed by atoms with Crippen molar-refractivity contribution in [2.24, 2.45) is 0 Å². The first-order valence-electron chi connectivity index (χ1n) is 5.13. The number of hydrogen-bond donors (Lipinski definition) is 1. The van der Waals surface area contributed by atoms with Crippen molar-refractivity contribution in [3.63, 3.8) is 0 Å². The number of aryl methyl sites for hydroxylation is 2. The van der Waals surface area contributed by atoms with Gasteiger partial charge in [-0.2, -0.15) is 0 Å². The van der Waals surface area contributed by atoms with Gasteiger partial charge in [0.1, 0.15) is 0 Å². The summed E-state index contributed by atoms with van der Waals surface area (Å²) in [5, 5.41) is 9.86. The van der Waals surface area contributed by atoms with Crippen LogP contribution in [-0.2, 0) is 13.0 Å². The van der Waals surface area contributed by atoms with Crippen LogP contribution in [0.1, 0.15) is 23.1 Å². The van der Waals surface area contributed by atoms with Crippen molar-refractivity contribution in [1.82, 2.24) is 15.0 Å². The van der Waals surface area contributed by atoms with Crippen LogP contribution in [-0.4, -0.2) is 20.1 Å². The van der Waals surface area contributed by atoms with E-state index in [2.05, 4.69) is 21.9 Å². The summed E-state index contributed by atoms with van der Waals surface area (Å²) in [4.78, 5) is 13.7. The summed E-state index contributed by atoms with van der Waals surface area (Å²) >= 11 is 1.44. The maximum atomic E-state index is 9.09. The van der Waals surface area contributed by atoms with Crippen LogP contribution < -0.4 is 0 Å². The van der Waals surface area contributed by atoms with Crippen LogP contribution in [0.15, 0.2) is 12.4 Å². The maximum absolute atomic E-state index is 9.09. The Balaban J connectivity index is 2.34. The summed E-state index contributed by atoms with van der Waals surface area (Å²) < 4.78 is 0. The summed E-state index contributed by atoms with van der Waals surface area (Å²) in [7, 11) is 0. The number of thiazole rings is 1. The largest absolute Gasteiger partial charge is 0.391 e. The first-order valence-corrected chi connectivity index (χ1v) is 5.94. The van der Waals surface area contributed by atoms with Gasteiger partial charge < -0.3 is 5.11 Å². The van der Waals surface area contributed by atoms with Gasteiger partial charge in [-0.25, -0.2) is 15.0 Å². The molecule has 0 aliphatic rings. The first-order chi connectivity index (χ1) is 7.74. The summed E-state index contributed by atoms with van der Waals surface area (Å²) in [6.07, 6.45) is 4.56. The monoisotopic (exact) mass is 235 g/mol. The number of aromatic nitrogens is 3. The van der Waals surface area contributed by atoms with Crippen molar-refractivity contribution >= 4 is 11.3 Å². The Kier molecular flexibility index (Phi) is 3.26. The third kappa shape index (κ3) is 2.10. The van der Waals surface area contributed by atoms with Crippen LogP contribution in [0.4, 0.5) is 0 Å². The van der Waals surface area contributed by atoms with Crippen molar-refractivity contribution in [2.45, 2.75) is 26.9 Å². The second-order valence-corrected chi connectivity index (χ2v) is 4.54. The third-order valence-electron chi connectivity index (χ3n) is 2.34. The van der Waals surface area contributed by atoms with Crippen LogP contribution in [0.2, 0.25) is 0 Å². The number of aliphatic hydroxyl groups excluding tert-OH is 1. The molecule has 0 radical (unpaired) electrons. The standard InChI is InChI=1S/C11H13N3OS/c1-3-8-4-12-10(13-5-8)11-14-7(2)9(6-15)16-11/h4-5,15H,3,6H2,1-2H3. The van der Waals surface area contributed by atoms with E-state index in [1.807, 2.05) is 19.3 Å². The fourth-order valence-corrected chi connectivity index (χ4v) is 2.19. The zero-order valence-corrected chi connectivity index (χ0v) is 10.1. The highest BCUT2D eigenvalue weighted by molar-refractivity contribution is 7.15. The topological polar surface area (TPSA) is 58.9 Å². The van der Waals surface area contributed by atoms with Crippen molar-refractivity contribution < 1.29 is 5.11 Å². The molecule has 16 heavy (non-hydrogen) atoms. The molecule has 0 fully saturated rings. The van der Waals surface area contributed by atoms with Gasteiger partial charge >= 0.3 is 0 Å². The van der Waals surface area contributed by atoms with E-state index in [1.54, 1.807) is 0 Å². The quantitative estimate of drug-likeness (QED) is 0.883. The van der Waals surface area contributed by atoms with E-state index in [-0.39, 0.29) is 6.61 Å². The fraction of sp³-hybridized carbons (Fsp3) is 0.364. The minimum Gasteiger partial charge on any atom is -0.391 e. The van der Waals surface area contributed by atoms with E-state index in [9.17, 15) is 0 Å². The molecule has 0 atom stereocenters. The maximum Gasteiger partial charge on any atom is 0.188 e. The first kappa shape index (κ1) is 11.2. The molecule has 0 amide bonds. The van der Waals surface area contributed by atoms with E-state index in [0.29, 0.717) is 5.82 Å². The van der Waals surface area contributed by atoms with Gasteiger partial charge in [0.25, 0.3) is 0 Å². The number of rotatable bonds is 3. The van der Waals surface area contributed by atoms with E-state index in [0.717, 1.165) is 27.6 Å². The van der Waals surface area contributed by atoms with Gasteiger partial charge in [0, 0.05) is 12.4 Å². The molecule has 0 saturated carbocycles. The fourth-order valence-electron chi connectivity index (χ4n) is 1.32. The van der Waals surface area contributed by atoms with Crippen LogP contribution in [0.3, 0.4) is 0 Å². The second kappa shape index (κ2) is 4.67. The zero-order chi connectivity index (χ0) is 11.5. The Morgan fingerprint density at radius 1 is 1.31 bits per heavy atom. The number of aliphatic hydroxyl groups is 1. The Labute approximate surface area is 98.0 Å². The molecule has 0 saturated heterocycles. The van der Waals surface area contributed by atoms with E-state index in [4.69, 9.17) is 5.11 Å². The highest BCUT2D eigenvalue weighted by atomic mass is 32.1. The Morgan fingerprint density at radius 3 is 2.50 bits per heavy atom. The molecule has 0 spiro atoms. The molecule has 5 heteroatoms. The van der Waals surface area contributed by atoms with Gasteiger partial charge in [-0.1, -0.05) is 6.92 Å². The molecule has 0 unspecified atom stereocenters. The highest BCUT2D eigenvalue weighted by Gasteiger charge is 2.10. The normalized spacial score (nSPS) is 10.7. The molecule has 2 aromatic heterocycles. The minimum absolute atomic E-state index is 0.0243. The molecule has 0 aromatic carbocycles. The molecule has 0 aliphatic heterocycles. The summed E-state index contributed by atoms with van der Waals surface area (Å²) in [6.45, 7) is 3.97. The van der Waals surface area contributed by atoms with Gasteiger partial charge in [-0.3, -0.25) is 0 Å². The smallest absolute Gasteiger partial charge is 0.188 e. The Hall–Kier alpha value is -1.33. The number of nitrogens with zero attached hydrogens (tertiary/aromatic N) is 3. The summed E-state index contributed by atoms with van der Waals surface area (Å²) in [5.74, 6) is 0.630. The van der Waals surface area contributed by atoms with Gasteiger partial charge in [-0.15, -0.1) is 11.3 Å². The third-order valence-corrected chi connectivity index (χ3v) is 3.48. The lowest BCUT2D eigenvalue weighted by molar-refractivity contribution is 0.284. The van der Waals surface area contributed by atoms with Gasteiger partial charge in [-0.05, 0) is 18.9 Å². The second-order valence-electron chi connectivity index (χ2n) is 3.45. The van der Waals surface area contributed by atoms with Crippen LogP contribution >= 0.6 is 11.3 Å². The zero-order valence-electron chi connectivity index (χ0n) is 9.27. The molecule has 4 nitrogen and oxygen atoms in total. The highest BCUT2D eigenvalue weighted by Crippen LogP contribution is 2.25. The van der Waals surface area contributed by atoms with Crippen molar-refractivity contribution in [2.75, 3.05) is 0 Å². The SMILES string of the molecule is CCc1cnc(-c2nc(C)c(CO)s2)nc1. The minimum atomic E-state index is 0.0243. The van der Waals surface area contributed by atoms with Crippen LogP contribution in [0.5, 0.6) is 0 Å². The predicted octanol–water partition coefficient (Wildman–Crippen LogP) is 1.96. The summed E-state index contributed by atoms with van der Waals surface area (Å²) in [5.41, 5.74) is 1.96. The molecule has 2 heterocycles. The van der Waals surface area contributed by atoms with Crippen LogP contribution in [0, 0.1) is 6.92 Å². The lowest BCUT2D eigenvalue weighted by Crippen LogP contribution is -1.90. The molecule has 0 aliphatic carbocycles. The molecule has 0 bridgehead atoms. The van der Waals surface area contributed by atoms with Crippen LogP contribution in [0.25, 0.3) is 10.8 Å². The molecular weight excluding hydrogens is 222 g/mol. The average molecular weight is 235 g/mol. The van der Waals surface area contributed by atoms with Crippen molar-refractivity contribution in [3.8, 4) is 10.8 Å². The lowest BCUT2D eigenvalue weighted by Gasteiger charge is -1.96. The van der Waals surface area contributed by atoms with Crippen molar-refractivity contribution in [1.29, 1.82) is 0 Å². The summed E-state index contributed by atoms with van der Waals surface area (Å²) in [6, 6.07) is 0. The Bertz CT molecular complexity index is 478. The number of hydrogen-bond acceptors (Lipinski definition) is 5. The molecule has 1 N–H and O–H groups in total.